The van der Waals surface area contributed by atoms with Gasteiger partial charge in [0.05, 0.1) is 30.2 Å². The topological polar surface area (TPSA) is 103 Å². The molecule has 17 heteroatoms. The third-order valence-corrected chi connectivity index (χ3v) is 11.6. The summed E-state index contributed by atoms with van der Waals surface area (Å²) in [4.78, 5) is 50.5. The van der Waals surface area contributed by atoms with E-state index in [2.05, 4.69) is 4.98 Å². The predicted octanol–water partition coefficient (Wildman–Crippen LogP) is 7.56. The molecule has 1 N–H and O–H groups in total. The maximum Gasteiger partial charge on any atom is 0.425 e. The number of aliphatic hydroxyl groups excluding tert-OH is 1. The number of hydrogen-bond acceptors (Lipinski definition) is 7. The van der Waals surface area contributed by atoms with E-state index in [1.165, 1.54) is 4.90 Å². The van der Waals surface area contributed by atoms with Crippen molar-refractivity contribution in [2.24, 2.45) is 0 Å². The minimum absolute atomic E-state index is 0.0433. The zero-order valence-corrected chi connectivity index (χ0v) is 30.8. The lowest BCUT2D eigenvalue weighted by Gasteiger charge is -2.51. The molecule has 0 saturated carbocycles. The maximum atomic E-state index is 15.5. The number of likely N-dealkylation sites (tertiary alicyclic amines) is 2. The van der Waals surface area contributed by atoms with Gasteiger partial charge in [-0.1, -0.05) is 31.0 Å². The van der Waals surface area contributed by atoms with Gasteiger partial charge in [0.25, 0.3) is 11.8 Å². The summed E-state index contributed by atoms with van der Waals surface area (Å²) in [6.45, 7) is 2.35. The Kier molecular flexibility index (Phi) is 11.6. The molecule has 0 radical (unpaired) electrons. The summed E-state index contributed by atoms with van der Waals surface area (Å²) in [6, 6.07) is 5.54. The SMILES string of the molecule is CCC[C@H]1N(C(=O)c2ncccc2C(F)(F)F)CCC[C@@]1(Oc1csc(C(F)(F)F)c1)C(=O)N1CCc2cc(Cl)ccc2C1CC(=O)N1CCC(O)CC1. The molecular formula is C37H39ClF6N4O5S. The van der Waals surface area contributed by atoms with E-state index in [1.54, 1.807) is 30.0 Å². The van der Waals surface area contributed by atoms with Crippen LogP contribution in [0.4, 0.5) is 26.3 Å². The van der Waals surface area contributed by atoms with Crippen LogP contribution >= 0.6 is 22.9 Å². The van der Waals surface area contributed by atoms with E-state index in [9.17, 15) is 41.0 Å². The smallest absolute Gasteiger partial charge is 0.425 e. The summed E-state index contributed by atoms with van der Waals surface area (Å²) in [7, 11) is 0. The summed E-state index contributed by atoms with van der Waals surface area (Å²) in [6.07, 6.45) is -7.89. The molecule has 6 rings (SSSR count). The standard InChI is InChI=1S/C37H39ClF6N4O5S/c1-2-5-29-35(53-25-19-30(54-21-25)37(42,43)44,12-4-14-48(29)33(51)32-27(36(39,40)41)6-3-13-45-32)34(52)47-17-9-22-18-23(38)7-8-26(22)28(47)20-31(50)46-15-10-24(49)11-16-46/h3,6-8,13,18-19,21,24,28-29,49H,2,4-5,9-12,14-17,20H2,1H3/t28?,29-,35+/m1/s1. The van der Waals surface area contributed by atoms with E-state index in [-0.39, 0.29) is 50.4 Å². The van der Waals surface area contributed by atoms with Gasteiger partial charge in [-0.2, -0.15) is 26.3 Å². The van der Waals surface area contributed by atoms with Crippen LogP contribution in [0.2, 0.25) is 5.02 Å². The van der Waals surface area contributed by atoms with Crippen molar-refractivity contribution in [2.45, 2.75) is 94.4 Å². The Bertz CT molecular complexity index is 1870. The summed E-state index contributed by atoms with van der Waals surface area (Å²) in [5.74, 6) is -2.37. The van der Waals surface area contributed by atoms with Gasteiger partial charge in [-0.3, -0.25) is 19.4 Å². The summed E-state index contributed by atoms with van der Waals surface area (Å²) in [5, 5.41) is 11.6. The molecule has 0 spiro atoms. The molecule has 292 valence electrons. The molecule has 0 bridgehead atoms. The van der Waals surface area contributed by atoms with E-state index in [4.69, 9.17) is 16.3 Å². The summed E-state index contributed by atoms with van der Waals surface area (Å²) < 4.78 is 90.2. The van der Waals surface area contributed by atoms with Crippen molar-refractivity contribution < 1.29 is 50.6 Å². The van der Waals surface area contributed by atoms with Crippen LogP contribution in [0.5, 0.6) is 5.75 Å². The minimum atomic E-state index is -4.93. The number of aliphatic hydroxyl groups is 1. The van der Waals surface area contributed by atoms with Crippen molar-refractivity contribution in [3.63, 3.8) is 0 Å². The average Bonchev–Trinajstić information content (AvgIpc) is 3.61. The second kappa shape index (κ2) is 15.7. The molecular weight excluding hydrogens is 762 g/mol. The predicted molar refractivity (Wildman–Crippen MR) is 187 cm³/mol. The highest BCUT2D eigenvalue weighted by Gasteiger charge is 2.57. The maximum absolute atomic E-state index is 15.5. The van der Waals surface area contributed by atoms with Gasteiger partial charge in [-0.15, -0.1) is 11.3 Å². The molecule has 1 aromatic carbocycles. The molecule has 3 amide bonds. The number of nitrogens with zero attached hydrogens (tertiary/aromatic N) is 4. The van der Waals surface area contributed by atoms with Crippen LogP contribution in [0, 0.1) is 0 Å². The fourth-order valence-corrected chi connectivity index (χ4v) is 8.74. The first kappa shape index (κ1) is 39.8. The van der Waals surface area contributed by atoms with Crippen LogP contribution in [0.25, 0.3) is 0 Å². The Balaban J connectivity index is 1.45. The van der Waals surface area contributed by atoms with Gasteiger partial charge in [-0.25, -0.2) is 0 Å². The third kappa shape index (κ3) is 8.06. The van der Waals surface area contributed by atoms with Crippen molar-refractivity contribution >= 4 is 40.7 Å². The highest BCUT2D eigenvalue weighted by Crippen LogP contribution is 2.45. The number of aromatic nitrogens is 1. The number of carbonyl (C=O) groups excluding carboxylic acids is 3. The zero-order chi connectivity index (χ0) is 39.0. The number of hydrogen-bond donors (Lipinski definition) is 1. The van der Waals surface area contributed by atoms with E-state index in [0.717, 1.165) is 40.2 Å². The lowest BCUT2D eigenvalue weighted by Crippen LogP contribution is -2.68. The first-order valence-electron chi connectivity index (χ1n) is 17.8. The molecule has 2 fully saturated rings. The van der Waals surface area contributed by atoms with Crippen molar-refractivity contribution in [3.8, 4) is 5.75 Å². The Morgan fingerprint density at radius 1 is 1.02 bits per heavy atom. The monoisotopic (exact) mass is 800 g/mol. The number of benzene rings is 1. The van der Waals surface area contributed by atoms with Crippen LogP contribution in [-0.2, 0) is 28.4 Å². The Hall–Kier alpha value is -3.89. The molecule has 3 atom stereocenters. The lowest BCUT2D eigenvalue weighted by molar-refractivity contribution is -0.163. The zero-order valence-electron chi connectivity index (χ0n) is 29.3. The van der Waals surface area contributed by atoms with Crippen molar-refractivity contribution in [3.05, 3.63) is 80.3 Å². The van der Waals surface area contributed by atoms with Gasteiger partial charge in [0.1, 0.15) is 16.3 Å². The Labute approximate surface area is 316 Å². The quantitative estimate of drug-likeness (QED) is 0.236. The second-order valence-corrected chi connectivity index (χ2v) is 15.2. The first-order chi connectivity index (χ1) is 25.5. The molecule has 5 heterocycles. The first-order valence-corrected chi connectivity index (χ1v) is 19.0. The second-order valence-electron chi connectivity index (χ2n) is 13.9. The summed E-state index contributed by atoms with van der Waals surface area (Å²) >= 11 is 6.69. The van der Waals surface area contributed by atoms with E-state index in [1.807, 2.05) is 0 Å². The number of fused-ring (bicyclic) bond motifs is 1. The average molecular weight is 801 g/mol. The summed E-state index contributed by atoms with van der Waals surface area (Å²) in [5.41, 5.74) is -2.78. The van der Waals surface area contributed by atoms with Crippen LogP contribution in [-0.4, -0.2) is 86.4 Å². The fourth-order valence-electron chi connectivity index (χ4n) is 7.87. The molecule has 3 aliphatic heterocycles. The molecule has 3 aromatic rings. The van der Waals surface area contributed by atoms with Crippen molar-refractivity contribution in [1.82, 2.24) is 19.7 Å². The van der Waals surface area contributed by atoms with E-state index < -0.39 is 64.1 Å². The molecule has 3 aliphatic rings. The van der Waals surface area contributed by atoms with Crippen LogP contribution in [0.1, 0.15) is 90.0 Å². The Morgan fingerprint density at radius 2 is 1.76 bits per heavy atom. The molecule has 9 nitrogen and oxygen atoms in total. The number of amides is 3. The number of alkyl halides is 6. The Morgan fingerprint density at radius 3 is 2.43 bits per heavy atom. The van der Waals surface area contributed by atoms with Gasteiger partial charge >= 0.3 is 12.4 Å². The molecule has 54 heavy (non-hydrogen) atoms. The van der Waals surface area contributed by atoms with Crippen LogP contribution in [0.3, 0.4) is 0 Å². The number of pyridine rings is 1. The van der Waals surface area contributed by atoms with Gasteiger partial charge < -0.3 is 24.5 Å². The highest BCUT2D eigenvalue weighted by molar-refractivity contribution is 7.10. The molecule has 2 saturated heterocycles. The largest absolute Gasteiger partial charge is 0.474 e. The van der Waals surface area contributed by atoms with Gasteiger partial charge in [0.15, 0.2) is 0 Å². The van der Waals surface area contributed by atoms with Gasteiger partial charge in [0.2, 0.25) is 11.5 Å². The molecule has 0 aliphatic carbocycles. The lowest BCUT2D eigenvalue weighted by atomic mass is 9.78. The van der Waals surface area contributed by atoms with Gasteiger partial charge in [-0.05, 0) is 67.5 Å². The van der Waals surface area contributed by atoms with Crippen LogP contribution in [0.15, 0.2) is 48.0 Å². The van der Waals surface area contributed by atoms with E-state index in [0.29, 0.717) is 60.7 Å². The number of carbonyl (C=O) groups is 3. The number of piperidine rings is 2. The fraction of sp³-hybridized carbons (Fsp3) is 0.514. The molecule has 1 unspecified atom stereocenters. The highest BCUT2D eigenvalue weighted by atomic mass is 35.5. The molecule has 2 aromatic heterocycles. The normalized spacial score (nSPS) is 22.6. The van der Waals surface area contributed by atoms with Crippen molar-refractivity contribution in [1.29, 1.82) is 0 Å². The minimum Gasteiger partial charge on any atom is -0.474 e. The number of rotatable bonds is 8. The number of halogens is 7. The number of ether oxygens (including phenoxy) is 1. The van der Waals surface area contributed by atoms with Crippen molar-refractivity contribution in [2.75, 3.05) is 26.2 Å². The van der Waals surface area contributed by atoms with E-state index >= 15 is 4.79 Å². The van der Waals surface area contributed by atoms with Crippen LogP contribution < -0.4 is 4.74 Å². The van der Waals surface area contributed by atoms with Gasteiger partial charge in [0, 0.05) is 55.3 Å². The third-order valence-electron chi connectivity index (χ3n) is 10.4. The number of thiophene rings is 1.